The van der Waals surface area contributed by atoms with E-state index in [1.807, 2.05) is 19.1 Å². The van der Waals surface area contributed by atoms with Crippen molar-refractivity contribution < 1.29 is 4.79 Å². The van der Waals surface area contributed by atoms with Gasteiger partial charge in [-0.3, -0.25) is 9.78 Å². The smallest absolute Gasteiger partial charge is 0.141 e. The van der Waals surface area contributed by atoms with Crippen LogP contribution in [0.2, 0.25) is 0 Å². The van der Waals surface area contributed by atoms with Crippen LogP contribution in [0, 0.1) is 6.92 Å². The summed E-state index contributed by atoms with van der Waals surface area (Å²) in [7, 11) is 0. The van der Waals surface area contributed by atoms with E-state index in [0.717, 1.165) is 18.5 Å². The number of rotatable bonds is 2. The van der Waals surface area contributed by atoms with Gasteiger partial charge in [0.25, 0.3) is 0 Å². The Bertz CT molecular complexity index is 353. The summed E-state index contributed by atoms with van der Waals surface area (Å²) in [5.74, 6) is 0.255. The molecule has 0 N–H and O–H groups in total. The topological polar surface area (TPSA) is 30.0 Å². The van der Waals surface area contributed by atoms with Gasteiger partial charge in [-0.15, -0.1) is 0 Å². The summed E-state index contributed by atoms with van der Waals surface area (Å²) in [6.45, 7) is 3.69. The first-order valence-electron chi connectivity index (χ1n) is 4.59. The molecular weight excluding hydrogens is 162 g/mol. The van der Waals surface area contributed by atoms with Crippen molar-refractivity contribution in [3.63, 3.8) is 0 Å². The summed E-state index contributed by atoms with van der Waals surface area (Å²) < 4.78 is 0. The number of nitrogens with zero attached hydrogens (tertiary/aromatic N) is 1. The van der Waals surface area contributed by atoms with E-state index >= 15 is 0 Å². The number of aryl methyl sites for hydroxylation is 1. The number of pyridine rings is 1. The molecule has 0 atom stereocenters. The van der Waals surface area contributed by atoms with Gasteiger partial charge in [0.15, 0.2) is 0 Å². The molecule has 2 rings (SSSR count). The Morgan fingerprint density at radius 3 is 2.69 bits per heavy atom. The van der Waals surface area contributed by atoms with Gasteiger partial charge in [0.05, 0.1) is 11.1 Å². The minimum absolute atomic E-state index is 0.216. The first kappa shape index (κ1) is 8.42. The van der Waals surface area contributed by atoms with Crippen molar-refractivity contribution >= 4 is 5.78 Å². The molecule has 0 aliphatic heterocycles. The molecule has 1 aromatic heterocycles. The van der Waals surface area contributed by atoms with Gasteiger partial charge in [0, 0.05) is 6.20 Å². The molecule has 0 aromatic carbocycles. The Morgan fingerprint density at radius 2 is 2.23 bits per heavy atom. The summed E-state index contributed by atoms with van der Waals surface area (Å²) in [6, 6.07) is 3.98. The van der Waals surface area contributed by atoms with E-state index in [4.69, 9.17) is 0 Å². The number of hydrogen-bond acceptors (Lipinski definition) is 2. The van der Waals surface area contributed by atoms with Crippen LogP contribution in [-0.4, -0.2) is 10.8 Å². The summed E-state index contributed by atoms with van der Waals surface area (Å²) in [4.78, 5) is 15.7. The molecule has 2 heteroatoms. The number of carbonyl (C=O) groups is 1. The van der Waals surface area contributed by atoms with Crippen molar-refractivity contribution in [2.24, 2.45) is 0 Å². The lowest BCUT2D eigenvalue weighted by atomic mass is 9.96. The zero-order valence-corrected chi connectivity index (χ0v) is 8.00. The highest BCUT2D eigenvalue weighted by molar-refractivity contribution is 5.90. The van der Waals surface area contributed by atoms with E-state index in [1.54, 1.807) is 13.1 Å². The van der Waals surface area contributed by atoms with Crippen LogP contribution < -0.4 is 0 Å². The average molecular weight is 175 g/mol. The van der Waals surface area contributed by atoms with Crippen molar-refractivity contribution in [3.05, 3.63) is 29.6 Å². The zero-order chi connectivity index (χ0) is 9.47. The Kier molecular flexibility index (Phi) is 1.72. The molecule has 1 aliphatic rings. The van der Waals surface area contributed by atoms with Gasteiger partial charge in [-0.1, -0.05) is 0 Å². The molecule has 1 aromatic rings. The number of Topliss-reactive ketones (excluding diaryl/α,β-unsaturated/α-hetero) is 1. The number of carbonyl (C=O) groups excluding carboxylic acids is 1. The highest BCUT2D eigenvalue weighted by atomic mass is 16.1. The van der Waals surface area contributed by atoms with Crippen LogP contribution in [0.3, 0.4) is 0 Å². The molecule has 68 valence electrons. The van der Waals surface area contributed by atoms with Gasteiger partial charge < -0.3 is 0 Å². The second-order valence-corrected chi connectivity index (χ2v) is 3.86. The van der Waals surface area contributed by atoms with Crippen LogP contribution >= 0.6 is 0 Å². The maximum Gasteiger partial charge on any atom is 0.141 e. The minimum Gasteiger partial charge on any atom is -0.299 e. The molecule has 0 amide bonds. The minimum atomic E-state index is -0.216. The molecule has 0 radical (unpaired) electrons. The number of aromatic nitrogens is 1. The van der Waals surface area contributed by atoms with Crippen LogP contribution in [0.1, 0.15) is 31.0 Å². The largest absolute Gasteiger partial charge is 0.299 e. The van der Waals surface area contributed by atoms with Crippen molar-refractivity contribution in [3.8, 4) is 0 Å². The molecular formula is C11H13NO. The summed E-state index contributed by atoms with van der Waals surface area (Å²) in [5.41, 5.74) is 1.92. The number of hydrogen-bond donors (Lipinski definition) is 0. The molecule has 0 unspecified atom stereocenters. The third-order valence-corrected chi connectivity index (χ3v) is 2.83. The Morgan fingerprint density at radius 1 is 1.54 bits per heavy atom. The fourth-order valence-electron chi connectivity index (χ4n) is 1.71. The molecule has 0 saturated heterocycles. The van der Waals surface area contributed by atoms with E-state index in [0.29, 0.717) is 0 Å². The van der Waals surface area contributed by atoms with Crippen molar-refractivity contribution in [1.82, 2.24) is 4.98 Å². The van der Waals surface area contributed by atoms with Crippen molar-refractivity contribution in [1.29, 1.82) is 0 Å². The van der Waals surface area contributed by atoms with Crippen LogP contribution in [0.25, 0.3) is 0 Å². The quantitative estimate of drug-likeness (QED) is 0.688. The fraction of sp³-hybridized carbons (Fsp3) is 0.455. The second kappa shape index (κ2) is 2.66. The van der Waals surface area contributed by atoms with Crippen LogP contribution in [0.15, 0.2) is 18.3 Å². The Labute approximate surface area is 78.0 Å². The summed E-state index contributed by atoms with van der Waals surface area (Å²) in [6.07, 6.45) is 3.73. The SMILES string of the molecule is CC(=O)C1(c2cc(C)ccn2)CC1. The predicted molar refractivity (Wildman–Crippen MR) is 50.6 cm³/mol. The van der Waals surface area contributed by atoms with E-state index in [1.165, 1.54) is 5.56 Å². The first-order chi connectivity index (χ1) is 6.15. The third kappa shape index (κ3) is 1.26. The fourth-order valence-corrected chi connectivity index (χ4v) is 1.71. The normalized spacial score (nSPS) is 18.3. The molecule has 0 spiro atoms. The molecule has 2 nitrogen and oxygen atoms in total. The monoisotopic (exact) mass is 175 g/mol. The lowest BCUT2D eigenvalue weighted by Gasteiger charge is -2.10. The summed E-state index contributed by atoms with van der Waals surface area (Å²) in [5, 5.41) is 0. The van der Waals surface area contributed by atoms with Gasteiger partial charge in [0.2, 0.25) is 0 Å². The maximum absolute atomic E-state index is 11.4. The van der Waals surface area contributed by atoms with E-state index in [9.17, 15) is 4.79 Å². The molecule has 1 heterocycles. The van der Waals surface area contributed by atoms with Gasteiger partial charge >= 0.3 is 0 Å². The second-order valence-electron chi connectivity index (χ2n) is 3.86. The number of ketones is 1. The molecule has 1 saturated carbocycles. The average Bonchev–Trinajstić information content (AvgIpc) is 2.83. The van der Waals surface area contributed by atoms with Gasteiger partial charge in [-0.25, -0.2) is 0 Å². The van der Waals surface area contributed by atoms with Gasteiger partial charge in [0.1, 0.15) is 5.78 Å². The van der Waals surface area contributed by atoms with Gasteiger partial charge in [-0.2, -0.15) is 0 Å². The first-order valence-corrected chi connectivity index (χ1v) is 4.59. The zero-order valence-electron chi connectivity index (χ0n) is 8.00. The maximum atomic E-state index is 11.4. The molecule has 13 heavy (non-hydrogen) atoms. The lowest BCUT2D eigenvalue weighted by Crippen LogP contribution is -2.18. The van der Waals surface area contributed by atoms with Crippen molar-refractivity contribution in [2.75, 3.05) is 0 Å². The Hall–Kier alpha value is -1.18. The predicted octanol–water partition coefficient (Wildman–Crippen LogP) is 2.01. The molecule has 0 bridgehead atoms. The lowest BCUT2D eigenvalue weighted by molar-refractivity contribution is -0.119. The molecule has 1 fully saturated rings. The summed E-state index contributed by atoms with van der Waals surface area (Å²) >= 11 is 0. The van der Waals surface area contributed by atoms with E-state index in [2.05, 4.69) is 4.98 Å². The van der Waals surface area contributed by atoms with E-state index < -0.39 is 0 Å². The van der Waals surface area contributed by atoms with Crippen LogP contribution in [-0.2, 0) is 10.2 Å². The van der Waals surface area contributed by atoms with E-state index in [-0.39, 0.29) is 11.2 Å². The third-order valence-electron chi connectivity index (χ3n) is 2.83. The van der Waals surface area contributed by atoms with Crippen LogP contribution in [0.5, 0.6) is 0 Å². The molecule has 1 aliphatic carbocycles. The van der Waals surface area contributed by atoms with Crippen LogP contribution in [0.4, 0.5) is 0 Å². The standard InChI is InChI=1S/C11H13NO/c1-8-3-6-12-10(7-8)11(4-5-11)9(2)13/h3,6-7H,4-5H2,1-2H3. The Balaban J connectivity index is 2.41. The van der Waals surface area contributed by atoms with Gasteiger partial charge in [-0.05, 0) is 44.4 Å². The van der Waals surface area contributed by atoms with Crippen molar-refractivity contribution in [2.45, 2.75) is 32.1 Å². The highest BCUT2D eigenvalue weighted by Crippen LogP contribution is 2.48. The highest BCUT2D eigenvalue weighted by Gasteiger charge is 2.49.